The number of likely N-dealkylation sites (N-methyl/N-ethyl adjacent to an activating group) is 1. The number of amides is 1. The van der Waals surface area contributed by atoms with Crippen molar-refractivity contribution in [3.05, 3.63) is 47.3 Å². The van der Waals surface area contributed by atoms with Crippen molar-refractivity contribution in [1.82, 2.24) is 20.4 Å². The third kappa shape index (κ3) is 5.06. The maximum Gasteiger partial charge on any atom is 0.242 e. The molecule has 6 heteroatoms. The van der Waals surface area contributed by atoms with Crippen LogP contribution in [0.1, 0.15) is 43.0 Å². The summed E-state index contributed by atoms with van der Waals surface area (Å²) in [7, 11) is 3.60. The molecular weight excluding hydrogens is 316 g/mol. The molecule has 2 unspecified atom stereocenters. The molecule has 2 N–H and O–H groups in total. The van der Waals surface area contributed by atoms with E-state index < -0.39 is 6.04 Å². The smallest absolute Gasteiger partial charge is 0.242 e. The highest BCUT2D eigenvalue weighted by molar-refractivity contribution is 5.83. The first-order chi connectivity index (χ1) is 11.9. The van der Waals surface area contributed by atoms with E-state index in [0.29, 0.717) is 6.54 Å². The van der Waals surface area contributed by atoms with Crippen LogP contribution in [0.2, 0.25) is 0 Å². The van der Waals surface area contributed by atoms with Crippen molar-refractivity contribution < 1.29 is 9.53 Å². The van der Waals surface area contributed by atoms with Crippen LogP contribution in [0.15, 0.2) is 30.6 Å². The van der Waals surface area contributed by atoms with Crippen molar-refractivity contribution in [3.8, 4) is 5.75 Å². The standard InChI is InChI=1S/C19H28N4O2/c1-6-14(3)25-17-9-13(2)7-8-15(17)10-21-19(24)18(20-4)16-11-22-23(5)12-16/h7-9,11-12,14,18,20H,6,10H2,1-5H3,(H,21,24). The Morgan fingerprint density at radius 3 is 2.76 bits per heavy atom. The zero-order chi connectivity index (χ0) is 18.4. The van der Waals surface area contributed by atoms with E-state index in [4.69, 9.17) is 4.74 Å². The Bertz CT molecular complexity index is 711. The van der Waals surface area contributed by atoms with E-state index in [1.165, 1.54) is 0 Å². The average Bonchev–Trinajstić information content (AvgIpc) is 3.00. The molecule has 0 bridgehead atoms. The minimum absolute atomic E-state index is 0.0921. The van der Waals surface area contributed by atoms with Gasteiger partial charge < -0.3 is 15.4 Å². The number of hydrogen-bond donors (Lipinski definition) is 2. The second-order valence-corrected chi connectivity index (χ2v) is 6.33. The largest absolute Gasteiger partial charge is 0.490 e. The van der Waals surface area contributed by atoms with E-state index in [9.17, 15) is 4.79 Å². The topological polar surface area (TPSA) is 68.2 Å². The fraction of sp³-hybridized carbons (Fsp3) is 0.474. The van der Waals surface area contributed by atoms with Crippen molar-refractivity contribution in [2.45, 2.75) is 45.9 Å². The molecular formula is C19H28N4O2. The van der Waals surface area contributed by atoms with Crippen molar-refractivity contribution in [1.29, 1.82) is 0 Å². The molecule has 0 aliphatic rings. The molecule has 0 radical (unpaired) electrons. The quantitative estimate of drug-likeness (QED) is 0.772. The molecule has 1 amide bonds. The van der Waals surface area contributed by atoms with Crippen LogP contribution in [0.25, 0.3) is 0 Å². The number of hydrogen-bond acceptors (Lipinski definition) is 4. The van der Waals surface area contributed by atoms with Gasteiger partial charge in [-0.25, -0.2) is 0 Å². The zero-order valence-electron chi connectivity index (χ0n) is 15.7. The SMILES string of the molecule is CCC(C)Oc1cc(C)ccc1CNC(=O)C(NC)c1cnn(C)c1. The van der Waals surface area contributed by atoms with Gasteiger partial charge in [-0.05, 0) is 38.9 Å². The summed E-state index contributed by atoms with van der Waals surface area (Å²) in [6.45, 7) is 6.59. The van der Waals surface area contributed by atoms with Crippen LogP contribution in [0.4, 0.5) is 0 Å². The first-order valence-corrected chi connectivity index (χ1v) is 8.64. The van der Waals surface area contributed by atoms with E-state index >= 15 is 0 Å². The summed E-state index contributed by atoms with van der Waals surface area (Å²) in [5.41, 5.74) is 2.94. The summed E-state index contributed by atoms with van der Waals surface area (Å²) in [4.78, 5) is 12.6. The lowest BCUT2D eigenvalue weighted by Gasteiger charge is -2.19. The molecule has 0 saturated heterocycles. The van der Waals surface area contributed by atoms with Gasteiger partial charge in [-0.2, -0.15) is 5.10 Å². The molecule has 6 nitrogen and oxygen atoms in total. The van der Waals surface area contributed by atoms with E-state index in [2.05, 4.69) is 22.7 Å². The Labute approximate surface area is 149 Å². The lowest BCUT2D eigenvalue weighted by molar-refractivity contribution is -0.123. The minimum atomic E-state index is -0.432. The number of rotatable bonds is 8. The Morgan fingerprint density at radius 1 is 1.40 bits per heavy atom. The maximum absolute atomic E-state index is 12.6. The molecule has 1 aromatic carbocycles. The number of carbonyl (C=O) groups is 1. The number of ether oxygens (including phenoxy) is 1. The second kappa shape index (κ2) is 8.67. The van der Waals surface area contributed by atoms with E-state index in [0.717, 1.165) is 28.9 Å². The van der Waals surface area contributed by atoms with Crippen LogP contribution < -0.4 is 15.4 Å². The average molecular weight is 344 g/mol. The van der Waals surface area contributed by atoms with Gasteiger partial charge in [0.2, 0.25) is 5.91 Å². The highest BCUT2D eigenvalue weighted by atomic mass is 16.5. The van der Waals surface area contributed by atoms with Gasteiger partial charge in [0.25, 0.3) is 0 Å². The molecule has 136 valence electrons. The maximum atomic E-state index is 12.6. The number of nitrogens with one attached hydrogen (secondary N) is 2. The Kier molecular flexibility index (Phi) is 6.58. The van der Waals surface area contributed by atoms with Gasteiger partial charge in [0.1, 0.15) is 11.8 Å². The lowest BCUT2D eigenvalue weighted by atomic mass is 10.1. The molecule has 0 saturated carbocycles. The number of nitrogens with zero attached hydrogens (tertiary/aromatic N) is 2. The zero-order valence-corrected chi connectivity index (χ0v) is 15.7. The molecule has 1 aromatic heterocycles. The highest BCUT2D eigenvalue weighted by Gasteiger charge is 2.20. The van der Waals surface area contributed by atoms with Crippen LogP contribution in [0, 0.1) is 6.92 Å². The summed E-state index contributed by atoms with van der Waals surface area (Å²) >= 11 is 0. The summed E-state index contributed by atoms with van der Waals surface area (Å²) in [5.74, 6) is 0.739. The molecule has 0 aliphatic heterocycles. The number of aromatic nitrogens is 2. The van der Waals surface area contributed by atoms with E-state index in [-0.39, 0.29) is 12.0 Å². The number of carbonyl (C=O) groups excluding carboxylic acids is 1. The Hall–Kier alpha value is -2.34. The summed E-state index contributed by atoms with van der Waals surface area (Å²) in [6, 6.07) is 5.62. The minimum Gasteiger partial charge on any atom is -0.490 e. The predicted molar refractivity (Wildman–Crippen MR) is 98.4 cm³/mol. The van der Waals surface area contributed by atoms with Gasteiger partial charge in [0.05, 0.1) is 12.3 Å². The third-order valence-electron chi connectivity index (χ3n) is 4.19. The molecule has 0 spiro atoms. The van der Waals surface area contributed by atoms with Gasteiger partial charge in [-0.3, -0.25) is 9.48 Å². The van der Waals surface area contributed by atoms with Crippen molar-refractivity contribution in [2.75, 3.05) is 7.05 Å². The van der Waals surface area contributed by atoms with Crippen LogP contribution >= 0.6 is 0 Å². The second-order valence-electron chi connectivity index (χ2n) is 6.33. The first-order valence-electron chi connectivity index (χ1n) is 8.64. The third-order valence-corrected chi connectivity index (χ3v) is 4.19. The lowest BCUT2D eigenvalue weighted by Crippen LogP contribution is -2.35. The van der Waals surface area contributed by atoms with Crippen LogP contribution in [0.5, 0.6) is 5.75 Å². The predicted octanol–water partition coefficient (Wildman–Crippen LogP) is 2.48. The number of benzene rings is 1. The molecule has 2 atom stereocenters. The van der Waals surface area contributed by atoms with Gasteiger partial charge in [-0.1, -0.05) is 19.1 Å². The number of aryl methyl sites for hydroxylation is 2. The Balaban J connectivity index is 2.08. The molecule has 1 heterocycles. The highest BCUT2D eigenvalue weighted by Crippen LogP contribution is 2.22. The summed E-state index contributed by atoms with van der Waals surface area (Å²) in [5, 5.41) is 10.2. The van der Waals surface area contributed by atoms with Gasteiger partial charge >= 0.3 is 0 Å². The summed E-state index contributed by atoms with van der Waals surface area (Å²) < 4.78 is 7.69. The fourth-order valence-electron chi connectivity index (χ4n) is 2.54. The van der Waals surface area contributed by atoms with Gasteiger partial charge in [0.15, 0.2) is 0 Å². The summed E-state index contributed by atoms with van der Waals surface area (Å²) in [6.07, 6.45) is 4.60. The van der Waals surface area contributed by atoms with Crippen LogP contribution in [0.3, 0.4) is 0 Å². The molecule has 2 rings (SSSR count). The van der Waals surface area contributed by atoms with Crippen molar-refractivity contribution >= 4 is 5.91 Å². The molecule has 25 heavy (non-hydrogen) atoms. The van der Waals surface area contributed by atoms with Gasteiger partial charge in [0, 0.05) is 30.9 Å². The van der Waals surface area contributed by atoms with Gasteiger partial charge in [-0.15, -0.1) is 0 Å². The molecule has 0 aliphatic carbocycles. The van der Waals surface area contributed by atoms with Crippen molar-refractivity contribution in [3.63, 3.8) is 0 Å². The first kappa shape index (κ1) is 19.0. The molecule has 2 aromatic rings. The van der Waals surface area contributed by atoms with Crippen LogP contribution in [-0.4, -0.2) is 28.8 Å². The van der Waals surface area contributed by atoms with E-state index in [1.54, 1.807) is 17.9 Å². The monoisotopic (exact) mass is 344 g/mol. The fourth-order valence-corrected chi connectivity index (χ4v) is 2.54. The molecule has 0 fully saturated rings. The van der Waals surface area contributed by atoms with E-state index in [1.807, 2.05) is 45.3 Å². The van der Waals surface area contributed by atoms with Crippen molar-refractivity contribution in [2.24, 2.45) is 7.05 Å². The normalized spacial score (nSPS) is 13.3. The van der Waals surface area contributed by atoms with Crippen LogP contribution in [-0.2, 0) is 18.4 Å². The Morgan fingerprint density at radius 2 is 2.16 bits per heavy atom.